The first-order chi connectivity index (χ1) is 14.3. The zero-order chi connectivity index (χ0) is 22.1. The fourth-order valence-electron chi connectivity index (χ4n) is 2.78. The van der Waals surface area contributed by atoms with Gasteiger partial charge in [0.2, 0.25) is 11.8 Å². The summed E-state index contributed by atoms with van der Waals surface area (Å²) < 4.78 is 0. The summed E-state index contributed by atoms with van der Waals surface area (Å²) in [6.45, 7) is 4.40. The number of benzene rings is 2. The number of nitrogens with one attached hydrogen (secondary N) is 1. The quantitative estimate of drug-likeness (QED) is 0.459. The molecule has 0 bridgehead atoms. The highest BCUT2D eigenvalue weighted by Gasteiger charge is 2.27. The Morgan fingerprint density at radius 1 is 1.03 bits per heavy atom. The van der Waals surface area contributed by atoms with Crippen LogP contribution in [0.5, 0.6) is 0 Å². The number of halogens is 3. The van der Waals surface area contributed by atoms with Gasteiger partial charge in [0, 0.05) is 39.5 Å². The van der Waals surface area contributed by atoms with E-state index in [4.69, 9.17) is 34.8 Å². The van der Waals surface area contributed by atoms with Gasteiger partial charge in [0.25, 0.3) is 0 Å². The molecule has 0 saturated heterocycles. The van der Waals surface area contributed by atoms with Crippen molar-refractivity contribution in [2.45, 2.75) is 38.6 Å². The molecule has 8 heteroatoms. The van der Waals surface area contributed by atoms with Crippen LogP contribution < -0.4 is 5.32 Å². The Morgan fingerprint density at radius 2 is 1.67 bits per heavy atom. The molecule has 162 valence electrons. The van der Waals surface area contributed by atoms with Gasteiger partial charge in [0.1, 0.15) is 6.04 Å². The summed E-state index contributed by atoms with van der Waals surface area (Å²) in [5.41, 5.74) is 1.59. The van der Waals surface area contributed by atoms with Crippen LogP contribution in [0.2, 0.25) is 15.1 Å². The topological polar surface area (TPSA) is 49.4 Å². The summed E-state index contributed by atoms with van der Waals surface area (Å²) in [7, 11) is 0. The minimum absolute atomic E-state index is 0.157. The van der Waals surface area contributed by atoms with Gasteiger partial charge in [0.15, 0.2) is 0 Å². The first-order valence-electron chi connectivity index (χ1n) is 9.66. The molecule has 1 atom stereocenters. The van der Waals surface area contributed by atoms with Gasteiger partial charge in [-0.1, -0.05) is 66.0 Å². The molecule has 2 amide bonds. The Balaban J connectivity index is 2.14. The largest absolute Gasteiger partial charge is 0.354 e. The Kier molecular flexibility index (Phi) is 10.3. The van der Waals surface area contributed by atoms with Gasteiger partial charge in [-0.05, 0) is 37.1 Å². The van der Waals surface area contributed by atoms with Crippen LogP contribution in [0.1, 0.15) is 31.4 Å². The van der Waals surface area contributed by atoms with Crippen LogP contribution in [0.4, 0.5) is 0 Å². The van der Waals surface area contributed by atoms with Gasteiger partial charge in [-0.3, -0.25) is 9.59 Å². The number of amides is 2. The number of carbonyl (C=O) groups excluding carboxylic acids is 2. The van der Waals surface area contributed by atoms with Crippen LogP contribution in [0, 0.1) is 0 Å². The zero-order valence-electron chi connectivity index (χ0n) is 17.0. The summed E-state index contributed by atoms with van der Waals surface area (Å²) in [5.74, 6) is 0.438. The second kappa shape index (κ2) is 12.5. The molecule has 0 saturated carbocycles. The van der Waals surface area contributed by atoms with E-state index in [0.717, 1.165) is 12.0 Å². The van der Waals surface area contributed by atoms with E-state index in [0.29, 0.717) is 32.9 Å². The SMILES string of the molecule is CCCNC(=O)C(C)N(Cc1c(Cl)cccc1Cl)C(=O)CSCc1ccccc1Cl. The summed E-state index contributed by atoms with van der Waals surface area (Å²) in [6.07, 6.45) is 0.816. The van der Waals surface area contributed by atoms with Crippen molar-refractivity contribution in [3.63, 3.8) is 0 Å². The highest BCUT2D eigenvalue weighted by atomic mass is 35.5. The highest BCUT2D eigenvalue weighted by molar-refractivity contribution is 7.99. The van der Waals surface area contributed by atoms with Gasteiger partial charge in [-0.15, -0.1) is 11.8 Å². The molecule has 1 N–H and O–H groups in total. The molecule has 1 unspecified atom stereocenters. The molecule has 2 aromatic carbocycles. The molecule has 0 aliphatic carbocycles. The fourth-order valence-corrected chi connectivity index (χ4v) is 4.49. The van der Waals surface area contributed by atoms with Gasteiger partial charge in [-0.2, -0.15) is 0 Å². The molecule has 0 heterocycles. The van der Waals surface area contributed by atoms with Crippen molar-refractivity contribution >= 4 is 58.4 Å². The van der Waals surface area contributed by atoms with Gasteiger partial charge in [-0.25, -0.2) is 0 Å². The van der Waals surface area contributed by atoms with Gasteiger partial charge >= 0.3 is 0 Å². The molecule has 2 rings (SSSR count). The van der Waals surface area contributed by atoms with Crippen molar-refractivity contribution < 1.29 is 9.59 Å². The number of carbonyl (C=O) groups is 2. The van der Waals surface area contributed by atoms with Crippen molar-refractivity contribution in [1.82, 2.24) is 10.2 Å². The maximum Gasteiger partial charge on any atom is 0.242 e. The summed E-state index contributed by atoms with van der Waals surface area (Å²) in [4.78, 5) is 27.1. The lowest BCUT2D eigenvalue weighted by atomic mass is 10.1. The number of nitrogens with zero attached hydrogens (tertiary/aromatic N) is 1. The molecule has 0 aliphatic rings. The molecule has 4 nitrogen and oxygen atoms in total. The predicted molar refractivity (Wildman–Crippen MR) is 127 cm³/mol. The third-order valence-electron chi connectivity index (χ3n) is 4.55. The van der Waals surface area contributed by atoms with Crippen molar-refractivity contribution in [1.29, 1.82) is 0 Å². The first kappa shape index (κ1) is 24.9. The van der Waals surface area contributed by atoms with Crippen molar-refractivity contribution in [2.24, 2.45) is 0 Å². The van der Waals surface area contributed by atoms with Crippen LogP contribution in [0.3, 0.4) is 0 Å². The molecule has 30 heavy (non-hydrogen) atoms. The van der Waals surface area contributed by atoms with E-state index in [2.05, 4.69) is 5.32 Å². The molecule has 0 spiro atoms. The normalized spacial score (nSPS) is 11.8. The second-order valence-corrected chi connectivity index (χ2v) is 8.98. The van der Waals surface area contributed by atoms with Crippen molar-refractivity contribution in [2.75, 3.05) is 12.3 Å². The van der Waals surface area contributed by atoms with E-state index in [-0.39, 0.29) is 24.1 Å². The standard InChI is InChI=1S/C22H25Cl3N2O2S/c1-3-11-26-22(29)15(2)27(12-17-19(24)9-6-10-20(17)25)21(28)14-30-13-16-7-4-5-8-18(16)23/h4-10,15H,3,11-14H2,1-2H3,(H,26,29). The van der Waals surface area contributed by atoms with Crippen LogP contribution >= 0.6 is 46.6 Å². The molecule has 0 aliphatic heterocycles. The van der Waals surface area contributed by atoms with E-state index >= 15 is 0 Å². The maximum absolute atomic E-state index is 13.1. The molecular weight excluding hydrogens is 463 g/mol. The fraction of sp³-hybridized carbons (Fsp3) is 0.364. The lowest BCUT2D eigenvalue weighted by Crippen LogP contribution is -2.48. The Bertz CT molecular complexity index is 859. The molecule has 0 radical (unpaired) electrons. The van der Waals surface area contributed by atoms with E-state index in [9.17, 15) is 9.59 Å². The number of rotatable bonds is 10. The molecular formula is C22H25Cl3N2O2S. The van der Waals surface area contributed by atoms with Gasteiger partial charge < -0.3 is 10.2 Å². The minimum Gasteiger partial charge on any atom is -0.354 e. The van der Waals surface area contributed by atoms with E-state index in [1.807, 2.05) is 31.2 Å². The number of hydrogen-bond acceptors (Lipinski definition) is 3. The summed E-state index contributed by atoms with van der Waals surface area (Å²) in [6, 6.07) is 12.1. The van der Waals surface area contributed by atoms with E-state index in [1.165, 1.54) is 16.7 Å². The van der Waals surface area contributed by atoms with E-state index in [1.54, 1.807) is 25.1 Å². The van der Waals surface area contributed by atoms with E-state index < -0.39 is 6.04 Å². The smallest absolute Gasteiger partial charge is 0.242 e. The predicted octanol–water partition coefficient (Wildman–Crippen LogP) is 5.82. The van der Waals surface area contributed by atoms with Crippen molar-refractivity contribution in [3.8, 4) is 0 Å². The van der Waals surface area contributed by atoms with Crippen molar-refractivity contribution in [3.05, 3.63) is 68.7 Å². The number of hydrogen-bond donors (Lipinski definition) is 1. The Hall–Kier alpha value is -1.40. The lowest BCUT2D eigenvalue weighted by Gasteiger charge is -2.29. The molecule has 2 aromatic rings. The minimum atomic E-state index is -0.655. The first-order valence-corrected chi connectivity index (χ1v) is 11.9. The zero-order valence-corrected chi connectivity index (χ0v) is 20.0. The van der Waals surface area contributed by atoms with Gasteiger partial charge in [0.05, 0.1) is 5.75 Å². The van der Waals surface area contributed by atoms with Crippen LogP contribution in [-0.4, -0.2) is 35.1 Å². The van der Waals surface area contributed by atoms with Crippen LogP contribution in [0.15, 0.2) is 42.5 Å². The Morgan fingerprint density at radius 3 is 2.30 bits per heavy atom. The molecule has 0 aromatic heterocycles. The highest BCUT2D eigenvalue weighted by Crippen LogP contribution is 2.27. The third-order valence-corrected chi connectivity index (χ3v) is 6.59. The Labute approximate surface area is 197 Å². The number of thioether (sulfide) groups is 1. The summed E-state index contributed by atoms with van der Waals surface area (Å²) in [5, 5.41) is 4.45. The lowest BCUT2D eigenvalue weighted by molar-refractivity contribution is -0.138. The maximum atomic E-state index is 13.1. The average molecular weight is 488 g/mol. The molecule has 0 fully saturated rings. The van der Waals surface area contributed by atoms with Crippen LogP contribution in [0.25, 0.3) is 0 Å². The summed E-state index contributed by atoms with van der Waals surface area (Å²) >= 11 is 20.3. The third kappa shape index (κ3) is 7.09. The average Bonchev–Trinajstić information content (AvgIpc) is 2.72. The second-order valence-electron chi connectivity index (χ2n) is 6.77. The monoisotopic (exact) mass is 486 g/mol. The van der Waals surface area contributed by atoms with Crippen LogP contribution in [-0.2, 0) is 21.9 Å².